The maximum Gasteiger partial charge on any atom is 0.236 e. The minimum Gasteiger partial charge on any atom is -0.338 e. The van der Waals surface area contributed by atoms with Crippen LogP contribution in [0.3, 0.4) is 0 Å². The molecule has 0 radical (unpaired) electrons. The largest absolute Gasteiger partial charge is 0.338 e. The van der Waals surface area contributed by atoms with E-state index in [-0.39, 0.29) is 0 Å². The fourth-order valence-corrected chi connectivity index (χ4v) is 2.39. The van der Waals surface area contributed by atoms with Gasteiger partial charge in [0.25, 0.3) is 0 Å². The molecule has 5 heteroatoms. The molecule has 2 rings (SSSR count). The Balaban J connectivity index is 2.01. The first-order chi connectivity index (χ1) is 8.69. The van der Waals surface area contributed by atoms with E-state index in [2.05, 4.69) is 46.6 Å². The van der Waals surface area contributed by atoms with Crippen molar-refractivity contribution < 1.29 is 4.52 Å². The lowest BCUT2D eigenvalue weighted by molar-refractivity contribution is 0.387. The number of hydrogen-bond donors (Lipinski definition) is 1. The van der Waals surface area contributed by atoms with E-state index in [0.29, 0.717) is 23.5 Å². The van der Waals surface area contributed by atoms with E-state index in [1.54, 1.807) is 11.8 Å². The molecule has 0 amide bonds. The maximum atomic E-state index is 5.09. The molecule has 0 saturated heterocycles. The highest BCUT2D eigenvalue weighted by molar-refractivity contribution is 7.98. The fourth-order valence-electron chi connectivity index (χ4n) is 1.58. The van der Waals surface area contributed by atoms with Crippen LogP contribution in [0.1, 0.15) is 30.2 Å². The van der Waals surface area contributed by atoms with Crippen molar-refractivity contribution in [3.05, 3.63) is 41.5 Å². The molecule has 1 aromatic carbocycles. The van der Waals surface area contributed by atoms with Crippen molar-refractivity contribution in [1.29, 1.82) is 0 Å². The number of hydrogen-bond acceptors (Lipinski definition) is 5. The van der Waals surface area contributed by atoms with Crippen LogP contribution in [0, 0.1) is 6.92 Å². The van der Waals surface area contributed by atoms with Gasteiger partial charge in [-0.3, -0.25) is 0 Å². The summed E-state index contributed by atoms with van der Waals surface area (Å²) in [4.78, 5) is 5.40. The Morgan fingerprint density at radius 2 is 2.28 bits per heavy atom. The molecule has 2 aromatic rings. The molecule has 96 valence electrons. The first-order valence-electron chi connectivity index (χ1n) is 5.88. The molecule has 1 unspecified atom stereocenters. The number of benzene rings is 1. The predicted molar refractivity (Wildman–Crippen MR) is 72.5 cm³/mol. The van der Waals surface area contributed by atoms with E-state index in [4.69, 9.17) is 4.52 Å². The Bertz CT molecular complexity index is 512. The zero-order valence-electron chi connectivity index (χ0n) is 10.8. The van der Waals surface area contributed by atoms with Crippen molar-refractivity contribution in [2.24, 2.45) is 0 Å². The minimum absolute atomic E-state index is 0.358. The molecule has 1 heterocycles. The Morgan fingerprint density at radius 3 is 2.94 bits per heavy atom. The quantitative estimate of drug-likeness (QED) is 0.840. The highest BCUT2D eigenvalue weighted by Crippen LogP contribution is 2.24. The lowest BCUT2D eigenvalue weighted by Crippen LogP contribution is -2.11. The summed E-state index contributed by atoms with van der Waals surface area (Å²) >= 11 is 1.70. The van der Waals surface area contributed by atoms with Gasteiger partial charge in [0.15, 0.2) is 5.82 Å². The monoisotopic (exact) mass is 263 g/mol. The highest BCUT2D eigenvalue weighted by atomic mass is 32.2. The topological polar surface area (TPSA) is 51.0 Å². The standard InChI is InChI=1S/C13H17N3OS/c1-9(14-3)11-5-4-6-12(7-11)18-8-13-15-10(2)16-17-13/h4-7,9,14H,8H2,1-3H3. The van der Waals surface area contributed by atoms with Gasteiger partial charge in [0.05, 0.1) is 5.75 Å². The Kier molecular flexibility index (Phi) is 4.38. The third-order valence-corrected chi connectivity index (χ3v) is 3.70. The maximum absolute atomic E-state index is 5.09. The van der Waals surface area contributed by atoms with Crippen LogP contribution in [0.5, 0.6) is 0 Å². The van der Waals surface area contributed by atoms with Crippen molar-refractivity contribution in [3.8, 4) is 0 Å². The summed E-state index contributed by atoms with van der Waals surface area (Å²) in [7, 11) is 1.96. The first-order valence-corrected chi connectivity index (χ1v) is 6.87. The molecule has 1 atom stereocenters. The van der Waals surface area contributed by atoms with Gasteiger partial charge >= 0.3 is 0 Å². The minimum atomic E-state index is 0.358. The first kappa shape index (κ1) is 13.1. The van der Waals surface area contributed by atoms with Gasteiger partial charge in [0.1, 0.15) is 0 Å². The van der Waals surface area contributed by atoms with Crippen LogP contribution >= 0.6 is 11.8 Å². The van der Waals surface area contributed by atoms with Crippen LogP contribution < -0.4 is 5.32 Å². The van der Waals surface area contributed by atoms with Crippen molar-refractivity contribution in [1.82, 2.24) is 15.5 Å². The molecule has 0 aliphatic carbocycles. The summed E-state index contributed by atoms with van der Waals surface area (Å²) < 4.78 is 5.09. The van der Waals surface area contributed by atoms with Crippen LogP contribution in [0.2, 0.25) is 0 Å². The molecule has 0 bridgehead atoms. The third kappa shape index (κ3) is 3.34. The van der Waals surface area contributed by atoms with Crippen LogP contribution in [-0.2, 0) is 5.75 Å². The van der Waals surface area contributed by atoms with E-state index in [1.165, 1.54) is 10.5 Å². The molecular formula is C13H17N3OS. The number of aromatic nitrogens is 2. The smallest absolute Gasteiger partial charge is 0.236 e. The van der Waals surface area contributed by atoms with Crippen molar-refractivity contribution in [2.45, 2.75) is 30.5 Å². The van der Waals surface area contributed by atoms with Crippen molar-refractivity contribution in [3.63, 3.8) is 0 Å². The summed E-state index contributed by atoms with van der Waals surface area (Å²) in [6.45, 7) is 3.97. The third-order valence-electron chi connectivity index (χ3n) is 2.72. The van der Waals surface area contributed by atoms with Crippen LogP contribution in [-0.4, -0.2) is 17.2 Å². The Morgan fingerprint density at radius 1 is 1.44 bits per heavy atom. The number of nitrogens with one attached hydrogen (secondary N) is 1. The summed E-state index contributed by atoms with van der Waals surface area (Å²) in [6, 6.07) is 8.85. The van der Waals surface area contributed by atoms with Gasteiger partial charge in [0, 0.05) is 10.9 Å². The zero-order valence-corrected chi connectivity index (χ0v) is 11.6. The molecule has 0 fully saturated rings. The SMILES string of the molecule is CNC(C)c1cccc(SCc2nc(C)no2)c1. The number of thioether (sulfide) groups is 1. The second-order valence-corrected chi connectivity index (χ2v) is 5.16. The predicted octanol–water partition coefficient (Wildman–Crippen LogP) is 2.95. The van der Waals surface area contributed by atoms with Gasteiger partial charge in [-0.15, -0.1) is 11.8 Å². The zero-order chi connectivity index (χ0) is 13.0. The second-order valence-electron chi connectivity index (χ2n) is 4.11. The van der Waals surface area contributed by atoms with Crippen LogP contribution in [0.15, 0.2) is 33.7 Å². The van der Waals surface area contributed by atoms with Gasteiger partial charge in [-0.2, -0.15) is 4.98 Å². The summed E-state index contributed by atoms with van der Waals surface area (Å²) in [5, 5.41) is 7.01. The molecule has 1 aromatic heterocycles. The Hall–Kier alpha value is -1.33. The normalized spacial score (nSPS) is 12.6. The molecular weight excluding hydrogens is 246 g/mol. The van der Waals surface area contributed by atoms with Gasteiger partial charge in [-0.1, -0.05) is 17.3 Å². The second kappa shape index (κ2) is 6.02. The van der Waals surface area contributed by atoms with Gasteiger partial charge < -0.3 is 9.84 Å². The fraction of sp³-hybridized carbons (Fsp3) is 0.385. The van der Waals surface area contributed by atoms with Crippen LogP contribution in [0.4, 0.5) is 0 Å². The number of rotatable bonds is 5. The molecule has 0 saturated carbocycles. The van der Waals surface area contributed by atoms with E-state index in [1.807, 2.05) is 14.0 Å². The van der Waals surface area contributed by atoms with E-state index in [0.717, 1.165) is 0 Å². The van der Waals surface area contributed by atoms with Gasteiger partial charge in [-0.25, -0.2) is 0 Å². The molecule has 18 heavy (non-hydrogen) atoms. The van der Waals surface area contributed by atoms with E-state index < -0.39 is 0 Å². The molecule has 4 nitrogen and oxygen atoms in total. The molecule has 0 aliphatic heterocycles. The summed E-state index contributed by atoms with van der Waals surface area (Å²) in [6.07, 6.45) is 0. The van der Waals surface area contributed by atoms with Crippen LogP contribution in [0.25, 0.3) is 0 Å². The van der Waals surface area contributed by atoms with Crippen molar-refractivity contribution in [2.75, 3.05) is 7.05 Å². The average Bonchev–Trinajstić information content (AvgIpc) is 2.81. The molecule has 0 spiro atoms. The lowest BCUT2D eigenvalue weighted by atomic mass is 10.1. The Labute approximate surface area is 111 Å². The van der Waals surface area contributed by atoms with Gasteiger partial charge in [0.2, 0.25) is 5.89 Å². The summed E-state index contributed by atoms with van der Waals surface area (Å²) in [5.41, 5.74) is 1.28. The van der Waals surface area contributed by atoms with Crippen molar-refractivity contribution >= 4 is 11.8 Å². The van der Waals surface area contributed by atoms with E-state index >= 15 is 0 Å². The number of nitrogens with zero attached hydrogens (tertiary/aromatic N) is 2. The average molecular weight is 263 g/mol. The lowest BCUT2D eigenvalue weighted by Gasteiger charge is -2.11. The van der Waals surface area contributed by atoms with Gasteiger partial charge in [-0.05, 0) is 38.6 Å². The van der Waals surface area contributed by atoms with E-state index in [9.17, 15) is 0 Å². The molecule has 1 N–H and O–H groups in total. The molecule has 0 aliphatic rings. The number of aryl methyl sites for hydroxylation is 1. The summed E-state index contributed by atoms with van der Waals surface area (Å²) in [5.74, 6) is 2.06. The highest BCUT2D eigenvalue weighted by Gasteiger charge is 2.06.